The van der Waals surface area contributed by atoms with Gasteiger partial charge in [0.05, 0.1) is 19.7 Å². The molecule has 0 aliphatic rings. The number of esters is 1. The van der Waals surface area contributed by atoms with Crippen LogP contribution in [0.3, 0.4) is 0 Å². The Bertz CT molecular complexity index is 545. The zero-order valence-corrected chi connectivity index (χ0v) is 9.35. The van der Waals surface area contributed by atoms with Gasteiger partial charge in [0.2, 0.25) is 0 Å². The van der Waals surface area contributed by atoms with Crippen LogP contribution < -0.4 is 4.74 Å². The van der Waals surface area contributed by atoms with Crippen LogP contribution in [0.25, 0.3) is 10.9 Å². The normalized spacial score (nSPS) is 10.4. The maximum atomic E-state index is 11.5. The van der Waals surface area contributed by atoms with E-state index in [9.17, 15) is 4.79 Å². The third-order valence-corrected chi connectivity index (χ3v) is 2.44. The highest BCUT2D eigenvalue weighted by atomic mass is 16.5. The van der Waals surface area contributed by atoms with E-state index in [1.807, 2.05) is 6.07 Å². The van der Waals surface area contributed by atoms with E-state index in [0.717, 1.165) is 16.7 Å². The van der Waals surface area contributed by atoms with Gasteiger partial charge in [0.1, 0.15) is 5.75 Å². The van der Waals surface area contributed by atoms with Crippen molar-refractivity contribution in [2.45, 2.75) is 0 Å². The SMILES string of the molecule is COC(=O)c1nn(C)c2cc(OC)ccc12. The molecule has 1 aromatic heterocycles. The minimum Gasteiger partial charge on any atom is -0.497 e. The lowest BCUT2D eigenvalue weighted by Crippen LogP contribution is -2.03. The van der Waals surface area contributed by atoms with Crippen LogP contribution in [-0.2, 0) is 11.8 Å². The second-order valence-electron chi connectivity index (χ2n) is 3.35. The zero-order chi connectivity index (χ0) is 11.7. The van der Waals surface area contributed by atoms with Gasteiger partial charge < -0.3 is 9.47 Å². The van der Waals surface area contributed by atoms with E-state index in [2.05, 4.69) is 9.84 Å². The number of methoxy groups -OCH3 is 2. The third-order valence-electron chi connectivity index (χ3n) is 2.44. The van der Waals surface area contributed by atoms with Gasteiger partial charge in [0.25, 0.3) is 0 Å². The molecule has 0 saturated carbocycles. The Morgan fingerprint density at radius 1 is 1.38 bits per heavy atom. The fourth-order valence-corrected chi connectivity index (χ4v) is 1.61. The highest BCUT2D eigenvalue weighted by Crippen LogP contribution is 2.23. The second kappa shape index (κ2) is 3.84. The summed E-state index contributed by atoms with van der Waals surface area (Å²) in [6.07, 6.45) is 0. The smallest absolute Gasteiger partial charge is 0.359 e. The van der Waals surface area contributed by atoms with Crippen molar-refractivity contribution in [1.82, 2.24) is 9.78 Å². The predicted octanol–water partition coefficient (Wildman–Crippen LogP) is 1.37. The molecular weight excluding hydrogens is 208 g/mol. The van der Waals surface area contributed by atoms with Crippen LogP contribution in [0.2, 0.25) is 0 Å². The first-order valence-corrected chi connectivity index (χ1v) is 4.76. The molecule has 0 atom stereocenters. The molecule has 2 aromatic rings. The molecule has 0 spiro atoms. The van der Waals surface area contributed by atoms with Crippen LogP contribution in [0.15, 0.2) is 18.2 Å². The molecule has 0 amide bonds. The van der Waals surface area contributed by atoms with Crippen molar-refractivity contribution in [2.24, 2.45) is 7.05 Å². The molecule has 0 aliphatic heterocycles. The average molecular weight is 220 g/mol. The van der Waals surface area contributed by atoms with E-state index in [4.69, 9.17) is 4.74 Å². The predicted molar refractivity (Wildman–Crippen MR) is 58.6 cm³/mol. The molecule has 0 radical (unpaired) electrons. The first-order valence-electron chi connectivity index (χ1n) is 4.76. The molecule has 0 N–H and O–H groups in total. The lowest BCUT2D eigenvalue weighted by Gasteiger charge is -1.99. The standard InChI is InChI=1S/C11H12N2O3/c1-13-9-6-7(15-2)4-5-8(9)10(12-13)11(14)16-3/h4-6H,1-3H3. The molecule has 5 heteroatoms. The number of fused-ring (bicyclic) bond motifs is 1. The molecule has 16 heavy (non-hydrogen) atoms. The molecule has 84 valence electrons. The fourth-order valence-electron chi connectivity index (χ4n) is 1.61. The number of carbonyl (C=O) groups excluding carboxylic acids is 1. The minimum atomic E-state index is -0.434. The van der Waals surface area contributed by atoms with Crippen LogP contribution in [0.4, 0.5) is 0 Å². The van der Waals surface area contributed by atoms with Gasteiger partial charge in [-0.25, -0.2) is 4.79 Å². The molecule has 1 aromatic carbocycles. The van der Waals surface area contributed by atoms with Crippen molar-refractivity contribution < 1.29 is 14.3 Å². The minimum absolute atomic E-state index is 0.322. The number of ether oxygens (including phenoxy) is 2. The van der Waals surface area contributed by atoms with Gasteiger partial charge in [0.15, 0.2) is 5.69 Å². The Kier molecular flexibility index (Phi) is 2.52. The molecule has 0 fully saturated rings. The lowest BCUT2D eigenvalue weighted by molar-refractivity contribution is 0.0595. The van der Waals surface area contributed by atoms with Gasteiger partial charge in [0, 0.05) is 18.5 Å². The fraction of sp³-hybridized carbons (Fsp3) is 0.273. The summed E-state index contributed by atoms with van der Waals surface area (Å²) in [5, 5.41) is 4.88. The summed E-state index contributed by atoms with van der Waals surface area (Å²) >= 11 is 0. The molecule has 0 aliphatic carbocycles. The van der Waals surface area contributed by atoms with Crippen LogP contribution in [0.5, 0.6) is 5.75 Å². The number of benzene rings is 1. The molecule has 2 rings (SSSR count). The maximum absolute atomic E-state index is 11.5. The van der Waals surface area contributed by atoms with Crippen LogP contribution >= 0.6 is 0 Å². The van der Waals surface area contributed by atoms with Gasteiger partial charge in [-0.3, -0.25) is 4.68 Å². The Balaban J connectivity index is 2.67. The van der Waals surface area contributed by atoms with E-state index in [-0.39, 0.29) is 0 Å². The molecule has 5 nitrogen and oxygen atoms in total. The highest BCUT2D eigenvalue weighted by Gasteiger charge is 2.16. The van der Waals surface area contributed by atoms with Gasteiger partial charge in [-0.1, -0.05) is 0 Å². The Labute approximate surface area is 92.6 Å². The molecule has 0 bridgehead atoms. The van der Waals surface area contributed by atoms with Gasteiger partial charge in [-0.2, -0.15) is 5.10 Å². The highest BCUT2D eigenvalue weighted by molar-refractivity contribution is 6.02. The van der Waals surface area contributed by atoms with Crippen molar-refractivity contribution in [3.8, 4) is 5.75 Å². The van der Waals surface area contributed by atoms with Crippen molar-refractivity contribution in [3.63, 3.8) is 0 Å². The Morgan fingerprint density at radius 2 is 2.12 bits per heavy atom. The molecule has 0 saturated heterocycles. The molecule has 1 heterocycles. The number of hydrogen-bond donors (Lipinski definition) is 0. The summed E-state index contributed by atoms with van der Waals surface area (Å²) in [6.45, 7) is 0. The summed E-state index contributed by atoms with van der Waals surface area (Å²) in [6, 6.07) is 5.42. The average Bonchev–Trinajstić information content (AvgIpc) is 2.65. The monoisotopic (exact) mass is 220 g/mol. The van der Waals surface area contributed by atoms with Crippen LogP contribution in [-0.4, -0.2) is 30.0 Å². The second-order valence-corrected chi connectivity index (χ2v) is 3.35. The quantitative estimate of drug-likeness (QED) is 0.717. The van der Waals surface area contributed by atoms with E-state index < -0.39 is 5.97 Å². The summed E-state index contributed by atoms with van der Waals surface area (Å²) in [7, 11) is 4.71. The van der Waals surface area contributed by atoms with Crippen LogP contribution in [0, 0.1) is 0 Å². The maximum Gasteiger partial charge on any atom is 0.359 e. The summed E-state index contributed by atoms with van der Waals surface area (Å²) in [4.78, 5) is 11.5. The Morgan fingerprint density at radius 3 is 2.75 bits per heavy atom. The van der Waals surface area contributed by atoms with Gasteiger partial charge in [-0.05, 0) is 12.1 Å². The van der Waals surface area contributed by atoms with E-state index in [1.165, 1.54) is 7.11 Å². The largest absolute Gasteiger partial charge is 0.497 e. The van der Waals surface area contributed by atoms with Gasteiger partial charge >= 0.3 is 5.97 Å². The Hall–Kier alpha value is -2.04. The first kappa shape index (κ1) is 10.5. The van der Waals surface area contributed by atoms with Crippen molar-refractivity contribution in [3.05, 3.63) is 23.9 Å². The van der Waals surface area contributed by atoms with E-state index in [1.54, 1.807) is 31.0 Å². The number of hydrogen-bond acceptors (Lipinski definition) is 4. The number of rotatable bonds is 2. The van der Waals surface area contributed by atoms with E-state index in [0.29, 0.717) is 5.69 Å². The zero-order valence-electron chi connectivity index (χ0n) is 9.35. The van der Waals surface area contributed by atoms with Crippen molar-refractivity contribution in [2.75, 3.05) is 14.2 Å². The summed E-state index contributed by atoms with van der Waals surface area (Å²) in [5.41, 5.74) is 1.16. The summed E-state index contributed by atoms with van der Waals surface area (Å²) < 4.78 is 11.4. The van der Waals surface area contributed by atoms with Crippen molar-refractivity contribution >= 4 is 16.9 Å². The molecular formula is C11H12N2O3. The van der Waals surface area contributed by atoms with E-state index >= 15 is 0 Å². The number of aromatic nitrogens is 2. The number of aryl methyl sites for hydroxylation is 1. The van der Waals surface area contributed by atoms with Gasteiger partial charge in [-0.15, -0.1) is 0 Å². The number of carbonyl (C=O) groups is 1. The number of nitrogens with zero attached hydrogens (tertiary/aromatic N) is 2. The lowest BCUT2D eigenvalue weighted by atomic mass is 10.2. The summed E-state index contributed by atoms with van der Waals surface area (Å²) in [5.74, 6) is 0.294. The van der Waals surface area contributed by atoms with Crippen LogP contribution in [0.1, 0.15) is 10.5 Å². The third kappa shape index (κ3) is 1.50. The molecule has 0 unspecified atom stereocenters. The first-order chi connectivity index (χ1) is 7.67. The topological polar surface area (TPSA) is 53.3 Å². The van der Waals surface area contributed by atoms with Crippen molar-refractivity contribution in [1.29, 1.82) is 0 Å².